The highest BCUT2D eigenvalue weighted by Gasteiger charge is 2.22. The molecule has 0 fully saturated rings. The summed E-state index contributed by atoms with van der Waals surface area (Å²) in [6.45, 7) is -0.690. The van der Waals surface area contributed by atoms with Crippen LogP contribution in [0.2, 0.25) is 0 Å². The van der Waals surface area contributed by atoms with E-state index in [2.05, 4.69) is 5.92 Å². The second-order valence-corrected chi connectivity index (χ2v) is 2.62. The number of carboxylic acids is 1. The molecule has 0 spiro atoms. The fourth-order valence-electron chi connectivity index (χ4n) is 0.716. The molecule has 6 heteroatoms. The van der Waals surface area contributed by atoms with Crippen LogP contribution in [0.25, 0.3) is 0 Å². The monoisotopic (exact) mass is 204 g/mol. The van der Waals surface area contributed by atoms with Crippen LogP contribution in [0.1, 0.15) is 6.42 Å². The van der Waals surface area contributed by atoms with Gasteiger partial charge in [0.25, 0.3) is 0 Å². The van der Waals surface area contributed by atoms with Crippen molar-refractivity contribution in [2.24, 2.45) is 0 Å². The Morgan fingerprint density at radius 3 is 2.21 bits per heavy atom. The van der Waals surface area contributed by atoms with Gasteiger partial charge in [-0.05, 0) is 0 Å². The zero-order valence-electron chi connectivity index (χ0n) is 7.29. The number of hydrogen-bond donors (Lipinski definition) is 5. The average Bonchev–Trinajstić information content (AvgIpc) is 2.14. The predicted molar refractivity (Wildman–Crippen MR) is 45.1 cm³/mol. The Bertz CT molecular complexity index is 240. The first-order valence-electron chi connectivity index (χ1n) is 3.86. The summed E-state index contributed by atoms with van der Waals surface area (Å²) < 4.78 is 0. The van der Waals surface area contributed by atoms with Crippen LogP contribution in [0.5, 0.6) is 0 Å². The lowest BCUT2D eigenvalue weighted by molar-refractivity contribution is -0.130. The van der Waals surface area contributed by atoms with Crippen molar-refractivity contribution < 1.29 is 30.3 Å². The molecular weight excluding hydrogens is 192 g/mol. The summed E-state index contributed by atoms with van der Waals surface area (Å²) in [5.74, 6) is 2.49. The third-order valence-electron chi connectivity index (χ3n) is 1.48. The van der Waals surface area contributed by atoms with Crippen molar-refractivity contribution in [3.63, 3.8) is 0 Å². The average molecular weight is 204 g/mol. The van der Waals surface area contributed by atoms with E-state index < -0.39 is 30.9 Å². The minimum absolute atomic E-state index is 0.287. The number of aliphatic hydroxyl groups excluding tert-OH is 4. The van der Waals surface area contributed by atoms with E-state index in [0.717, 1.165) is 0 Å². The topological polar surface area (TPSA) is 118 Å². The number of carbonyl (C=O) groups is 1. The molecule has 0 saturated carbocycles. The summed E-state index contributed by atoms with van der Waals surface area (Å²) in [5, 5.41) is 43.6. The first-order chi connectivity index (χ1) is 6.49. The molecule has 0 unspecified atom stereocenters. The van der Waals surface area contributed by atoms with Crippen molar-refractivity contribution in [1.29, 1.82) is 0 Å². The van der Waals surface area contributed by atoms with Gasteiger partial charge in [-0.15, -0.1) is 0 Å². The van der Waals surface area contributed by atoms with E-state index in [1.807, 2.05) is 0 Å². The molecule has 6 nitrogen and oxygen atoms in total. The number of rotatable bonds is 4. The maximum absolute atomic E-state index is 9.93. The fraction of sp³-hybridized carbons (Fsp3) is 0.625. The smallest absolute Gasteiger partial charge is 0.381 e. The number of aliphatic carboxylic acids is 1. The maximum atomic E-state index is 9.93. The Labute approximate surface area is 80.4 Å². The minimum atomic E-state index is -1.54. The van der Waals surface area contributed by atoms with Crippen molar-refractivity contribution >= 4 is 5.97 Å². The molecule has 3 atom stereocenters. The fourth-order valence-corrected chi connectivity index (χ4v) is 0.716. The highest BCUT2D eigenvalue weighted by atomic mass is 16.4. The summed E-state index contributed by atoms with van der Waals surface area (Å²) in [6.07, 6.45) is -4.67. The molecule has 0 aromatic rings. The molecule has 0 heterocycles. The molecule has 14 heavy (non-hydrogen) atoms. The van der Waals surface area contributed by atoms with Gasteiger partial charge in [-0.2, -0.15) is 0 Å². The van der Waals surface area contributed by atoms with Crippen LogP contribution in [0.15, 0.2) is 0 Å². The van der Waals surface area contributed by atoms with Crippen molar-refractivity contribution in [3.05, 3.63) is 0 Å². The second-order valence-electron chi connectivity index (χ2n) is 2.62. The van der Waals surface area contributed by atoms with Gasteiger partial charge in [-0.25, -0.2) is 4.79 Å². The molecule has 0 aliphatic rings. The van der Waals surface area contributed by atoms with Gasteiger partial charge in [0.05, 0.1) is 12.7 Å². The standard InChI is InChI=1S/C8H12O6/c9-4-6(11)8(14)5(10)2-1-3-7(12)13/h5-6,8-11,14H,2,4H2,(H,12,13)/t5-,6+,8+/m0/s1. The van der Waals surface area contributed by atoms with Crippen LogP contribution in [0.3, 0.4) is 0 Å². The van der Waals surface area contributed by atoms with Crippen LogP contribution in [0.4, 0.5) is 0 Å². The summed E-state index contributed by atoms with van der Waals surface area (Å²) in [7, 11) is 0. The van der Waals surface area contributed by atoms with Gasteiger partial charge in [0.1, 0.15) is 12.2 Å². The van der Waals surface area contributed by atoms with E-state index in [1.165, 1.54) is 0 Å². The number of hydrogen-bond acceptors (Lipinski definition) is 5. The van der Waals surface area contributed by atoms with E-state index in [4.69, 9.17) is 25.5 Å². The SMILES string of the molecule is O=C(O)C#CC[C@H](O)[C@@H](O)[C@H](O)CO. The molecule has 0 rings (SSSR count). The molecule has 0 saturated heterocycles. The van der Waals surface area contributed by atoms with Gasteiger partial charge < -0.3 is 25.5 Å². The highest BCUT2D eigenvalue weighted by molar-refractivity contribution is 5.86. The Balaban J connectivity index is 4.03. The van der Waals surface area contributed by atoms with E-state index in [0.29, 0.717) is 0 Å². The first-order valence-corrected chi connectivity index (χ1v) is 3.86. The molecule has 0 aromatic heterocycles. The summed E-state index contributed by atoms with van der Waals surface area (Å²) >= 11 is 0. The van der Waals surface area contributed by atoms with Crippen LogP contribution in [-0.4, -0.2) is 56.4 Å². The third kappa shape index (κ3) is 4.79. The molecule has 0 aromatic carbocycles. The number of aliphatic hydroxyl groups is 4. The van der Waals surface area contributed by atoms with Crippen LogP contribution in [-0.2, 0) is 4.79 Å². The van der Waals surface area contributed by atoms with Crippen LogP contribution >= 0.6 is 0 Å². The van der Waals surface area contributed by atoms with E-state index >= 15 is 0 Å². The minimum Gasteiger partial charge on any atom is -0.472 e. The van der Waals surface area contributed by atoms with Crippen LogP contribution < -0.4 is 0 Å². The highest BCUT2D eigenvalue weighted by Crippen LogP contribution is 2.02. The van der Waals surface area contributed by atoms with Gasteiger partial charge in [0.2, 0.25) is 0 Å². The normalized spacial score (nSPS) is 16.3. The quantitative estimate of drug-likeness (QED) is 0.324. The lowest BCUT2D eigenvalue weighted by atomic mass is 10.1. The molecule has 0 amide bonds. The molecule has 80 valence electrons. The van der Waals surface area contributed by atoms with Gasteiger partial charge in [-0.3, -0.25) is 0 Å². The maximum Gasteiger partial charge on any atom is 0.381 e. The predicted octanol–water partition coefficient (Wildman–Crippen LogP) is -2.46. The van der Waals surface area contributed by atoms with Gasteiger partial charge in [0.15, 0.2) is 0 Å². The van der Waals surface area contributed by atoms with Crippen molar-refractivity contribution in [1.82, 2.24) is 0 Å². The van der Waals surface area contributed by atoms with Crippen molar-refractivity contribution in [2.45, 2.75) is 24.7 Å². The molecule has 0 aliphatic carbocycles. The van der Waals surface area contributed by atoms with Gasteiger partial charge in [-0.1, -0.05) is 5.92 Å². The Morgan fingerprint density at radius 1 is 1.21 bits per heavy atom. The lowest BCUT2D eigenvalue weighted by Crippen LogP contribution is -2.39. The Morgan fingerprint density at radius 2 is 1.79 bits per heavy atom. The summed E-state index contributed by atoms with van der Waals surface area (Å²) in [6, 6.07) is 0. The van der Waals surface area contributed by atoms with E-state index in [9.17, 15) is 4.79 Å². The molecule has 0 aliphatic heterocycles. The van der Waals surface area contributed by atoms with Gasteiger partial charge >= 0.3 is 5.97 Å². The summed E-state index contributed by atoms with van der Waals surface area (Å²) in [4.78, 5) is 9.93. The molecule has 5 N–H and O–H groups in total. The Hall–Kier alpha value is -1.13. The Kier molecular flexibility index (Phi) is 5.83. The van der Waals surface area contributed by atoms with Crippen molar-refractivity contribution in [2.75, 3.05) is 6.61 Å². The second kappa shape index (κ2) is 6.34. The molecule has 0 radical (unpaired) electrons. The van der Waals surface area contributed by atoms with Crippen LogP contribution in [0, 0.1) is 11.8 Å². The van der Waals surface area contributed by atoms with E-state index in [-0.39, 0.29) is 6.42 Å². The molecule has 0 bridgehead atoms. The van der Waals surface area contributed by atoms with E-state index in [1.54, 1.807) is 5.92 Å². The zero-order valence-corrected chi connectivity index (χ0v) is 7.29. The van der Waals surface area contributed by atoms with Gasteiger partial charge in [0, 0.05) is 12.3 Å². The summed E-state index contributed by atoms with van der Waals surface area (Å²) in [5.41, 5.74) is 0. The zero-order chi connectivity index (χ0) is 11.1. The van der Waals surface area contributed by atoms with Crippen molar-refractivity contribution in [3.8, 4) is 11.8 Å². The first kappa shape index (κ1) is 12.9. The number of carboxylic acid groups (broad SMARTS) is 1. The third-order valence-corrected chi connectivity index (χ3v) is 1.48. The lowest BCUT2D eigenvalue weighted by Gasteiger charge is -2.19. The largest absolute Gasteiger partial charge is 0.472 e. The molecular formula is C8H12O6.